The zero-order chi connectivity index (χ0) is 20.3. The maximum Gasteiger partial charge on any atom is 0.150 e. The van der Waals surface area contributed by atoms with Crippen LogP contribution in [0.4, 0.5) is 5.69 Å². The number of nitriles is 1. The van der Waals surface area contributed by atoms with Crippen LogP contribution in [0.3, 0.4) is 0 Å². The third-order valence-corrected chi connectivity index (χ3v) is 5.02. The standard InChI is InChI=1S/C23H18ClN3O/c1-14-10-16(21(24)11-17(14)13-28)6-7-23-20(12-25)19(8-9-27-23)18-4-3-5-22(26)15(18)2/h3-11,13H,26H2,1-2H3/b7-6+. The maximum atomic E-state index is 11.0. The van der Waals surface area contributed by atoms with Crippen LogP contribution < -0.4 is 5.73 Å². The number of carbonyl (C=O) groups is 1. The van der Waals surface area contributed by atoms with Crippen LogP contribution in [0.1, 0.15) is 38.3 Å². The predicted octanol–water partition coefficient (Wildman–Crippen LogP) is 5.46. The fraction of sp³-hybridized carbons (Fsp3) is 0.0870. The lowest BCUT2D eigenvalue weighted by atomic mass is 9.95. The van der Waals surface area contributed by atoms with E-state index in [9.17, 15) is 10.1 Å². The first kappa shape index (κ1) is 19.3. The van der Waals surface area contributed by atoms with Gasteiger partial charge < -0.3 is 5.73 Å². The minimum atomic E-state index is 0.463. The van der Waals surface area contributed by atoms with Crippen LogP contribution in [0.5, 0.6) is 0 Å². The first-order valence-electron chi connectivity index (χ1n) is 8.64. The monoisotopic (exact) mass is 387 g/mol. The first-order chi connectivity index (χ1) is 13.5. The van der Waals surface area contributed by atoms with Gasteiger partial charge in [-0.3, -0.25) is 9.78 Å². The lowest BCUT2D eigenvalue weighted by Crippen LogP contribution is -1.96. The number of aryl methyl sites for hydroxylation is 1. The normalized spacial score (nSPS) is 10.8. The summed E-state index contributed by atoms with van der Waals surface area (Å²) in [7, 11) is 0. The topological polar surface area (TPSA) is 79.8 Å². The van der Waals surface area contributed by atoms with Crippen molar-refractivity contribution in [3.8, 4) is 17.2 Å². The molecule has 0 spiro atoms. The molecule has 1 heterocycles. The maximum absolute atomic E-state index is 11.0. The van der Waals surface area contributed by atoms with E-state index in [1.54, 1.807) is 24.4 Å². The van der Waals surface area contributed by atoms with Crippen molar-refractivity contribution in [2.75, 3.05) is 5.73 Å². The van der Waals surface area contributed by atoms with Gasteiger partial charge in [0.2, 0.25) is 0 Å². The van der Waals surface area contributed by atoms with Gasteiger partial charge in [0.15, 0.2) is 0 Å². The highest BCUT2D eigenvalue weighted by molar-refractivity contribution is 6.32. The van der Waals surface area contributed by atoms with E-state index >= 15 is 0 Å². The van der Waals surface area contributed by atoms with Crippen molar-refractivity contribution in [2.45, 2.75) is 13.8 Å². The first-order valence-corrected chi connectivity index (χ1v) is 9.02. The molecule has 3 aromatic rings. The molecule has 2 aromatic carbocycles. The fourth-order valence-corrected chi connectivity index (χ4v) is 3.27. The summed E-state index contributed by atoms with van der Waals surface area (Å²) in [5, 5.41) is 10.2. The summed E-state index contributed by atoms with van der Waals surface area (Å²) in [5.41, 5.74) is 12.4. The van der Waals surface area contributed by atoms with Crippen LogP contribution >= 0.6 is 11.6 Å². The summed E-state index contributed by atoms with van der Waals surface area (Å²) in [6.45, 7) is 3.78. The van der Waals surface area contributed by atoms with Gasteiger partial charge in [0.1, 0.15) is 12.4 Å². The molecule has 0 radical (unpaired) electrons. The minimum Gasteiger partial charge on any atom is -0.398 e. The van der Waals surface area contributed by atoms with E-state index in [-0.39, 0.29) is 0 Å². The number of pyridine rings is 1. The lowest BCUT2D eigenvalue weighted by Gasteiger charge is -2.11. The molecule has 0 aliphatic carbocycles. The number of nitrogens with two attached hydrogens (primary N) is 1. The average molecular weight is 388 g/mol. The number of hydrogen-bond donors (Lipinski definition) is 1. The zero-order valence-corrected chi connectivity index (χ0v) is 16.3. The summed E-state index contributed by atoms with van der Waals surface area (Å²) in [5.74, 6) is 0. The molecule has 0 saturated carbocycles. The Bertz CT molecular complexity index is 1140. The van der Waals surface area contributed by atoms with Crippen molar-refractivity contribution < 1.29 is 4.79 Å². The molecule has 4 nitrogen and oxygen atoms in total. The second-order valence-corrected chi connectivity index (χ2v) is 6.84. The van der Waals surface area contributed by atoms with Crippen molar-refractivity contribution in [1.82, 2.24) is 4.98 Å². The highest BCUT2D eigenvalue weighted by atomic mass is 35.5. The Morgan fingerprint density at radius 2 is 1.89 bits per heavy atom. The molecule has 0 aliphatic heterocycles. The second kappa shape index (κ2) is 8.08. The van der Waals surface area contributed by atoms with Gasteiger partial charge in [-0.2, -0.15) is 5.26 Å². The van der Waals surface area contributed by atoms with Crippen molar-refractivity contribution in [3.63, 3.8) is 0 Å². The van der Waals surface area contributed by atoms with E-state index in [1.165, 1.54) is 0 Å². The highest BCUT2D eigenvalue weighted by Crippen LogP contribution is 2.31. The number of nitrogen functional groups attached to an aromatic ring is 1. The Kier molecular flexibility index (Phi) is 5.58. The summed E-state index contributed by atoms with van der Waals surface area (Å²) in [6, 6.07) is 13.2. The number of aldehydes is 1. The van der Waals surface area contributed by atoms with Crippen LogP contribution in [0, 0.1) is 25.2 Å². The Balaban J connectivity index is 2.09. The molecule has 0 atom stereocenters. The third-order valence-electron chi connectivity index (χ3n) is 4.69. The number of nitrogens with zero attached hydrogens (tertiary/aromatic N) is 2. The SMILES string of the molecule is Cc1cc(/C=C/c2nccc(-c3cccc(N)c3C)c2C#N)c(Cl)cc1C=O. The number of aromatic nitrogens is 1. The summed E-state index contributed by atoms with van der Waals surface area (Å²) in [6.07, 6.45) is 6.00. The Morgan fingerprint density at radius 1 is 1.11 bits per heavy atom. The minimum absolute atomic E-state index is 0.463. The molecule has 0 saturated heterocycles. The van der Waals surface area contributed by atoms with E-state index in [2.05, 4.69) is 11.1 Å². The molecule has 0 aliphatic rings. The van der Waals surface area contributed by atoms with E-state index in [1.807, 2.05) is 44.2 Å². The van der Waals surface area contributed by atoms with Gasteiger partial charge in [-0.15, -0.1) is 0 Å². The molecular formula is C23H18ClN3O. The predicted molar refractivity (Wildman–Crippen MR) is 114 cm³/mol. The molecule has 138 valence electrons. The quantitative estimate of drug-likeness (QED) is 0.476. The van der Waals surface area contributed by atoms with Crippen molar-refractivity contribution in [1.29, 1.82) is 5.26 Å². The van der Waals surface area contributed by atoms with Crippen LogP contribution in [0.25, 0.3) is 23.3 Å². The molecule has 28 heavy (non-hydrogen) atoms. The highest BCUT2D eigenvalue weighted by Gasteiger charge is 2.13. The van der Waals surface area contributed by atoms with Gasteiger partial charge in [-0.1, -0.05) is 29.8 Å². The molecule has 0 amide bonds. The van der Waals surface area contributed by atoms with Crippen LogP contribution in [-0.2, 0) is 0 Å². The van der Waals surface area contributed by atoms with Crippen molar-refractivity contribution >= 4 is 35.7 Å². The van der Waals surface area contributed by atoms with Gasteiger partial charge in [-0.25, -0.2) is 0 Å². The summed E-state index contributed by atoms with van der Waals surface area (Å²) >= 11 is 6.28. The summed E-state index contributed by atoms with van der Waals surface area (Å²) in [4.78, 5) is 15.4. The number of halogens is 1. The van der Waals surface area contributed by atoms with Gasteiger partial charge in [0.25, 0.3) is 0 Å². The van der Waals surface area contributed by atoms with Gasteiger partial charge >= 0.3 is 0 Å². The van der Waals surface area contributed by atoms with Gasteiger partial charge in [0, 0.05) is 28.0 Å². The number of benzene rings is 2. The zero-order valence-electron chi connectivity index (χ0n) is 15.5. The van der Waals surface area contributed by atoms with E-state index in [4.69, 9.17) is 17.3 Å². The van der Waals surface area contributed by atoms with Crippen LogP contribution in [0.2, 0.25) is 5.02 Å². The van der Waals surface area contributed by atoms with Crippen molar-refractivity contribution in [3.05, 3.63) is 81.1 Å². The van der Waals surface area contributed by atoms with Gasteiger partial charge in [-0.05, 0) is 66.4 Å². The van der Waals surface area contributed by atoms with Gasteiger partial charge in [0.05, 0.1) is 11.3 Å². The number of rotatable bonds is 4. The van der Waals surface area contributed by atoms with E-state index < -0.39 is 0 Å². The van der Waals surface area contributed by atoms with Crippen LogP contribution in [0.15, 0.2) is 42.6 Å². The Morgan fingerprint density at radius 3 is 2.61 bits per heavy atom. The lowest BCUT2D eigenvalue weighted by molar-refractivity contribution is 0.112. The van der Waals surface area contributed by atoms with E-state index in [0.29, 0.717) is 27.5 Å². The molecule has 1 aromatic heterocycles. The average Bonchev–Trinajstić information content (AvgIpc) is 2.70. The molecule has 0 unspecified atom stereocenters. The smallest absolute Gasteiger partial charge is 0.150 e. The second-order valence-electron chi connectivity index (χ2n) is 6.43. The summed E-state index contributed by atoms with van der Waals surface area (Å²) < 4.78 is 0. The largest absolute Gasteiger partial charge is 0.398 e. The molecule has 0 fully saturated rings. The Hall–Kier alpha value is -3.42. The number of carbonyl (C=O) groups excluding carboxylic acids is 1. The Labute approximate surface area is 168 Å². The van der Waals surface area contributed by atoms with Crippen molar-refractivity contribution in [2.24, 2.45) is 0 Å². The van der Waals surface area contributed by atoms with E-state index in [0.717, 1.165) is 34.1 Å². The number of hydrogen-bond acceptors (Lipinski definition) is 4. The molecule has 5 heteroatoms. The van der Waals surface area contributed by atoms with Crippen LogP contribution in [-0.4, -0.2) is 11.3 Å². The molecule has 2 N–H and O–H groups in total. The number of anilines is 1. The fourth-order valence-electron chi connectivity index (χ4n) is 3.03. The third kappa shape index (κ3) is 3.66. The molecular weight excluding hydrogens is 370 g/mol. The molecule has 3 rings (SSSR count). The molecule has 0 bridgehead atoms.